The lowest BCUT2D eigenvalue weighted by molar-refractivity contribution is 0.208. The van der Waals surface area contributed by atoms with Gasteiger partial charge in [-0.2, -0.15) is 0 Å². The molecule has 0 bridgehead atoms. The Labute approximate surface area is 155 Å². The Kier molecular flexibility index (Phi) is 8.08. The minimum Gasteiger partial charge on any atom is -0.383 e. The number of aryl methyl sites for hydroxylation is 2. The van der Waals surface area contributed by atoms with Crippen LogP contribution in [0.5, 0.6) is 0 Å². The molecule has 1 aromatic heterocycles. The van der Waals surface area contributed by atoms with Crippen molar-refractivity contribution in [3.05, 3.63) is 47.5 Å². The third-order valence-electron chi connectivity index (χ3n) is 4.23. The Bertz CT molecular complexity index is 697. The van der Waals surface area contributed by atoms with Gasteiger partial charge in [-0.05, 0) is 25.0 Å². The molecule has 0 saturated heterocycles. The molecule has 0 saturated carbocycles. The Balaban J connectivity index is 1.97. The van der Waals surface area contributed by atoms with E-state index in [1.165, 1.54) is 11.1 Å². The topological polar surface area (TPSA) is 76.4 Å². The third kappa shape index (κ3) is 5.84. The minimum absolute atomic E-state index is 0.158. The molecule has 0 fully saturated rings. The second-order valence-electron chi connectivity index (χ2n) is 6.17. The molecule has 0 radical (unpaired) electrons. The van der Waals surface area contributed by atoms with Crippen LogP contribution in [0.1, 0.15) is 36.8 Å². The summed E-state index contributed by atoms with van der Waals surface area (Å²) in [6, 6.07) is 8.55. The van der Waals surface area contributed by atoms with Gasteiger partial charge in [-0.3, -0.25) is 4.99 Å². The van der Waals surface area contributed by atoms with Crippen molar-refractivity contribution in [3.8, 4) is 0 Å². The molecule has 26 heavy (non-hydrogen) atoms. The first kappa shape index (κ1) is 19.9. The molecule has 2 N–H and O–H groups in total. The molecule has 1 heterocycles. The van der Waals surface area contributed by atoms with E-state index >= 15 is 0 Å². The fourth-order valence-corrected chi connectivity index (χ4v) is 2.79. The predicted molar refractivity (Wildman–Crippen MR) is 104 cm³/mol. The van der Waals surface area contributed by atoms with Crippen LogP contribution < -0.4 is 10.6 Å². The molecule has 7 heteroatoms. The molecule has 0 spiro atoms. The molecule has 7 nitrogen and oxygen atoms in total. The van der Waals surface area contributed by atoms with Gasteiger partial charge in [0.25, 0.3) is 0 Å². The fourth-order valence-electron chi connectivity index (χ4n) is 2.79. The van der Waals surface area contributed by atoms with Gasteiger partial charge < -0.3 is 19.9 Å². The number of aromatic nitrogens is 3. The van der Waals surface area contributed by atoms with Gasteiger partial charge >= 0.3 is 0 Å². The van der Waals surface area contributed by atoms with Crippen molar-refractivity contribution >= 4 is 5.96 Å². The van der Waals surface area contributed by atoms with Crippen LogP contribution in [-0.4, -0.2) is 47.5 Å². The van der Waals surface area contributed by atoms with E-state index in [4.69, 9.17) is 4.74 Å². The van der Waals surface area contributed by atoms with Crippen LogP contribution >= 0.6 is 0 Å². The standard InChI is InChI=1S/C19H30N6O/c1-5-18-24-22-14-25(18)12-10-20-19(21-11-13-26-4)23-16(3)17-9-7-6-8-15(17)2/h6-9,14,16H,5,10-13H2,1-4H3,(H2,20,21,23). The highest BCUT2D eigenvalue weighted by Crippen LogP contribution is 2.16. The zero-order valence-electron chi connectivity index (χ0n) is 16.2. The van der Waals surface area contributed by atoms with E-state index in [1.54, 1.807) is 13.4 Å². The highest BCUT2D eigenvalue weighted by atomic mass is 16.5. The fraction of sp³-hybridized carbons (Fsp3) is 0.526. The SMILES string of the molecule is CCc1nncn1CCNC(=NCCOC)NC(C)c1ccccc1C. The summed E-state index contributed by atoms with van der Waals surface area (Å²) in [5, 5.41) is 15.0. The molecule has 1 atom stereocenters. The van der Waals surface area contributed by atoms with Crippen molar-refractivity contribution in [1.29, 1.82) is 0 Å². The summed E-state index contributed by atoms with van der Waals surface area (Å²) < 4.78 is 7.17. The van der Waals surface area contributed by atoms with E-state index in [-0.39, 0.29) is 6.04 Å². The second-order valence-corrected chi connectivity index (χ2v) is 6.17. The first-order valence-corrected chi connectivity index (χ1v) is 9.11. The largest absolute Gasteiger partial charge is 0.383 e. The van der Waals surface area contributed by atoms with Gasteiger partial charge in [0, 0.05) is 26.6 Å². The smallest absolute Gasteiger partial charge is 0.191 e. The van der Waals surface area contributed by atoms with Crippen LogP contribution in [-0.2, 0) is 17.7 Å². The van der Waals surface area contributed by atoms with Gasteiger partial charge in [-0.15, -0.1) is 10.2 Å². The normalized spacial score (nSPS) is 12.8. The summed E-state index contributed by atoms with van der Waals surface area (Å²) in [5.41, 5.74) is 2.53. The van der Waals surface area contributed by atoms with E-state index < -0.39 is 0 Å². The van der Waals surface area contributed by atoms with Gasteiger partial charge in [0.1, 0.15) is 12.2 Å². The second kappa shape index (κ2) is 10.6. The number of rotatable bonds is 9. The van der Waals surface area contributed by atoms with Crippen molar-refractivity contribution in [2.45, 2.75) is 39.8 Å². The zero-order chi connectivity index (χ0) is 18.8. The van der Waals surface area contributed by atoms with E-state index in [0.29, 0.717) is 13.2 Å². The Morgan fingerprint density at radius 3 is 2.88 bits per heavy atom. The number of ether oxygens (including phenoxy) is 1. The summed E-state index contributed by atoms with van der Waals surface area (Å²) >= 11 is 0. The quantitative estimate of drug-likeness (QED) is 0.408. The van der Waals surface area contributed by atoms with Crippen LogP contribution in [0.4, 0.5) is 0 Å². The maximum atomic E-state index is 5.11. The first-order valence-electron chi connectivity index (χ1n) is 9.11. The van der Waals surface area contributed by atoms with E-state index in [0.717, 1.165) is 31.3 Å². The van der Waals surface area contributed by atoms with Gasteiger partial charge in [-0.25, -0.2) is 0 Å². The predicted octanol–water partition coefficient (Wildman–Crippen LogP) is 2.09. The molecule has 1 unspecified atom stereocenters. The summed E-state index contributed by atoms with van der Waals surface area (Å²) in [4.78, 5) is 4.60. The molecular formula is C19H30N6O. The molecule has 2 rings (SSSR count). The van der Waals surface area contributed by atoms with Crippen molar-refractivity contribution in [3.63, 3.8) is 0 Å². The van der Waals surface area contributed by atoms with Crippen LogP contribution in [0.3, 0.4) is 0 Å². The average molecular weight is 358 g/mol. The van der Waals surface area contributed by atoms with Crippen molar-refractivity contribution in [2.75, 3.05) is 26.8 Å². The highest BCUT2D eigenvalue weighted by molar-refractivity contribution is 5.80. The minimum atomic E-state index is 0.158. The van der Waals surface area contributed by atoms with Gasteiger partial charge in [0.15, 0.2) is 5.96 Å². The van der Waals surface area contributed by atoms with Crippen LogP contribution in [0.25, 0.3) is 0 Å². The van der Waals surface area contributed by atoms with E-state index in [1.807, 2.05) is 0 Å². The molecular weight excluding hydrogens is 328 g/mol. The Morgan fingerprint density at radius 1 is 1.35 bits per heavy atom. The highest BCUT2D eigenvalue weighted by Gasteiger charge is 2.10. The zero-order valence-corrected chi connectivity index (χ0v) is 16.2. The molecule has 142 valence electrons. The number of methoxy groups -OCH3 is 1. The third-order valence-corrected chi connectivity index (χ3v) is 4.23. The lowest BCUT2D eigenvalue weighted by atomic mass is 10.0. The summed E-state index contributed by atoms with van der Waals surface area (Å²) in [6.45, 7) is 9.09. The van der Waals surface area contributed by atoms with Gasteiger partial charge in [0.05, 0.1) is 19.2 Å². The van der Waals surface area contributed by atoms with Crippen LogP contribution in [0, 0.1) is 6.92 Å². The first-order chi connectivity index (χ1) is 12.7. The van der Waals surface area contributed by atoms with Crippen LogP contribution in [0.15, 0.2) is 35.6 Å². The molecule has 0 aliphatic carbocycles. The monoisotopic (exact) mass is 358 g/mol. The lowest BCUT2D eigenvalue weighted by Crippen LogP contribution is -2.40. The number of hydrogen-bond donors (Lipinski definition) is 2. The van der Waals surface area contributed by atoms with Crippen molar-refractivity contribution < 1.29 is 4.74 Å². The number of benzene rings is 1. The number of nitrogens with zero attached hydrogens (tertiary/aromatic N) is 4. The Morgan fingerprint density at radius 2 is 2.15 bits per heavy atom. The van der Waals surface area contributed by atoms with Gasteiger partial charge in [0.2, 0.25) is 0 Å². The molecule has 0 amide bonds. The summed E-state index contributed by atoms with van der Waals surface area (Å²) in [5.74, 6) is 1.77. The Hall–Kier alpha value is -2.41. The van der Waals surface area contributed by atoms with E-state index in [9.17, 15) is 0 Å². The molecule has 0 aliphatic heterocycles. The number of guanidine groups is 1. The molecule has 2 aromatic rings. The van der Waals surface area contributed by atoms with E-state index in [2.05, 4.69) is 75.4 Å². The number of nitrogens with one attached hydrogen (secondary N) is 2. The molecule has 0 aliphatic rings. The number of aliphatic imine (C=N–C) groups is 1. The van der Waals surface area contributed by atoms with Crippen molar-refractivity contribution in [2.24, 2.45) is 4.99 Å². The number of hydrogen-bond acceptors (Lipinski definition) is 4. The van der Waals surface area contributed by atoms with Crippen molar-refractivity contribution in [1.82, 2.24) is 25.4 Å². The maximum Gasteiger partial charge on any atom is 0.191 e. The molecule has 1 aromatic carbocycles. The summed E-state index contributed by atoms with van der Waals surface area (Å²) in [6.07, 6.45) is 2.64. The maximum absolute atomic E-state index is 5.11. The summed E-state index contributed by atoms with van der Waals surface area (Å²) in [7, 11) is 1.68. The van der Waals surface area contributed by atoms with Crippen LogP contribution in [0.2, 0.25) is 0 Å². The lowest BCUT2D eigenvalue weighted by Gasteiger charge is -2.20. The van der Waals surface area contributed by atoms with Gasteiger partial charge in [-0.1, -0.05) is 31.2 Å². The average Bonchev–Trinajstić information content (AvgIpc) is 3.09.